The molecule has 0 bridgehead atoms. The van der Waals surface area contributed by atoms with Crippen molar-refractivity contribution in [1.29, 1.82) is 0 Å². The zero-order valence-electron chi connectivity index (χ0n) is 14.5. The van der Waals surface area contributed by atoms with E-state index in [-0.39, 0.29) is 16.9 Å². The molecule has 124 valence electrons. The average molecular weight is 304 g/mol. The van der Waals surface area contributed by atoms with Crippen LogP contribution in [0.4, 0.5) is 0 Å². The summed E-state index contributed by atoms with van der Waals surface area (Å²) in [7, 11) is 0. The highest BCUT2D eigenvalue weighted by Gasteiger charge is 2.63. The van der Waals surface area contributed by atoms with E-state index in [2.05, 4.69) is 20.8 Å². The summed E-state index contributed by atoms with van der Waals surface area (Å²) in [5, 5.41) is 10.5. The number of aliphatic hydroxyl groups is 1. The molecule has 4 unspecified atom stereocenters. The summed E-state index contributed by atoms with van der Waals surface area (Å²) in [5.74, 6) is 2.79. The SMILES string of the molecule is C[C@]12CCC3C(CC[C@]4(C)CC(=O)CC[C@]34C)C1CCC2O. The van der Waals surface area contributed by atoms with Gasteiger partial charge in [0.1, 0.15) is 5.78 Å². The molecule has 0 amide bonds. The zero-order valence-corrected chi connectivity index (χ0v) is 14.5. The highest BCUT2D eigenvalue weighted by atomic mass is 16.3. The Morgan fingerprint density at radius 1 is 0.955 bits per heavy atom. The van der Waals surface area contributed by atoms with Crippen molar-refractivity contribution in [3.05, 3.63) is 0 Å². The first kappa shape index (κ1) is 15.2. The van der Waals surface area contributed by atoms with E-state index in [1.807, 2.05) is 0 Å². The normalized spacial score (nSPS) is 57.9. The van der Waals surface area contributed by atoms with Crippen molar-refractivity contribution in [2.24, 2.45) is 34.0 Å². The number of Topliss-reactive ketones (excluding diaryl/α,β-unsaturated/α-hetero) is 1. The molecule has 0 spiro atoms. The zero-order chi connectivity index (χ0) is 15.8. The van der Waals surface area contributed by atoms with Crippen LogP contribution < -0.4 is 0 Å². The lowest BCUT2D eigenvalue weighted by Crippen LogP contribution is -2.58. The summed E-state index contributed by atoms with van der Waals surface area (Å²) in [6.07, 6.45) is 9.87. The van der Waals surface area contributed by atoms with Crippen LogP contribution in [0.3, 0.4) is 0 Å². The van der Waals surface area contributed by atoms with Crippen LogP contribution >= 0.6 is 0 Å². The number of hydrogen-bond donors (Lipinski definition) is 1. The maximum atomic E-state index is 12.1. The van der Waals surface area contributed by atoms with E-state index in [4.69, 9.17) is 0 Å². The molecule has 0 saturated heterocycles. The van der Waals surface area contributed by atoms with Crippen molar-refractivity contribution in [3.8, 4) is 0 Å². The topological polar surface area (TPSA) is 37.3 Å². The minimum Gasteiger partial charge on any atom is -0.393 e. The molecule has 4 fully saturated rings. The quantitative estimate of drug-likeness (QED) is 0.722. The molecule has 1 N–H and O–H groups in total. The third-order valence-corrected chi connectivity index (χ3v) is 9.12. The first-order chi connectivity index (χ1) is 10.3. The van der Waals surface area contributed by atoms with E-state index in [1.165, 1.54) is 32.1 Å². The maximum absolute atomic E-state index is 12.1. The van der Waals surface area contributed by atoms with Gasteiger partial charge in [-0.3, -0.25) is 4.79 Å². The van der Waals surface area contributed by atoms with Gasteiger partial charge >= 0.3 is 0 Å². The minimum atomic E-state index is -0.0764. The van der Waals surface area contributed by atoms with Crippen molar-refractivity contribution in [2.45, 2.75) is 84.7 Å². The molecule has 0 aromatic carbocycles. The third-order valence-electron chi connectivity index (χ3n) is 9.12. The van der Waals surface area contributed by atoms with E-state index in [0.717, 1.165) is 43.4 Å². The molecule has 0 aliphatic heterocycles. The van der Waals surface area contributed by atoms with Gasteiger partial charge in [-0.2, -0.15) is 0 Å². The number of rotatable bonds is 0. The minimum absolute atomic E-state index is 0.0764. The smallest absolute Gasteiger partial charge is 0.133 e. The van der Waals surface area contributed by atoms with E-state index in [1.54, 1.807) is 0 Å². The summed E-state index contributed by atoms with van der Waals surface area (Å²) in [5.41, 5.74) is 0.753. The Balaban J connectivity index is 1.68. The number of ketones is 1. The second-order valence-electron chi connectivity index (χ2n) is 9.75. The first-order valence-corrected chi connectivity index (χ1v) is 9.50. The molecule has 4 aliphatic carbocycles. The van der Waals surface area contributed by atoms with E-state index >= 15 is 0 Å². The van der Waals surface area contributed by atoms with Crippen LogP contribution in [-0.4, -0.2) is 17.0 Å². The van der Waals surface area contributed by atoms with Crippen LogP contribution in [0.15, 0.2) is 0 Å². The number of carbonyl (C=O) groups excluding carboxylic acids is 1. The van der Waals surface area contributed by atoms with Gasteiger partial charge in [0.05, 0.1) is 6.10 Å². The van der Waals surface area contributed by atoms with Crippen LogP contribution in [-0.2, 0) is 4.79 Å². The molecule has 2 nitrogen and oxygen atoms in total. The van der Waals surface area contributed by atoms with Gasteiger partial charge < -0.3 is 5.11 Å². The van der Waals surface area contributed by atoms with Gasteiger partial charge in [-0.1, -0.05) is 20.8 Å². The summed E-state index contributed by atoms with van der Waals surface area (Å²) in [4.78, 5) is 12.1. The number of aliphatic hydroxyl groups excluding tert-OH is 1. The van der Waals surface area contributed by atoms with Crippen molar-refractivity contribution in [1.82, 2.24) is 0 Å². The third kappa shape index (κ3) is 1.74. The Hall–Kier alpha value is -0.370. The molecule has 0 aromatic rings. The molecule has 4 rings (SSSR count). The predicted molar refractivity (Wildman–Crippen MR) is 87.4 cm³/mol. The van der Waals surface area contributed by atoms with Gasteiger partial charge in [0.25, 0.3) is 0 Å². The van der Waals surface area contributed by atoms with Crippen LogP contribution in [0.1, 0.15) is 78.6 Å². The summed E-state index contributed by atoms with van der Waals surface area (Å²) >= 11 is 0. The van der Waals surface area contributed by atoms with Crippen molar-refractivity contribution < 1.29 is 9.90 Å². The lowest BCUT2D eigenvalue weighted by atomic mass is 9.40. The Kier molecular flexibility index (Phi) is 3.16. The van der Waals surface area contributed by atoms with Gasteiger partial charge in [-0.05, 0) is 78.9 Å². The molecule has 0 aromatic heterocycles. The van der Waals surface area contributed by atoms with Crippen LogP contribution in [0.25, 0.3) is 0 Å². The maximum Gasteiger partial charge on any atom is 0.133 e. The standard InChI is InChI=1S/C20H32O2/c1-18-9-7-14-15-4-5-17(22)19(15,2)10-8-16(14)20(18,3)11-6-13(21)12-18/h14-17,22H,4-12H2,1-3H3/t14?,15?,16?,17?,18-,19+,20-/m1/s1. The molecule has 2 heteroatoms. The fourth-order valence-corrected chi connectivity index (χ4v) is 7.37. The first-order valence-electron chi connectivity index (χ1n) is 9.50. The molecule has 4 saturated carbocycles. The lowest BCUT2D eigenvalue weighted by Gasteiger charge is -2.64. The Labute approximate surface area is 135 Å². The Bertz CT molecular complexity index is 500. The molecule has 0 heterocycles. The summed E-state index contributed by atoms with van der Waals surface area (Å²) in [6, 6.07) is 0. The average Bonchev–Trinajstić information content (AvgIpc) is 2.76. The van der Waals surface area contributed by atoms with E-state index in [9.17, 15) is 9.90 Å². The molecular weight excluding hydrogens is 272 g/mol. The number of fused-ring (bicyclic) bond motifs is 5. The van der Waals surface area contributed by atoms with Gasteiger partial charge in [-0.15, -0.1) is 0 Å². The largest absolute Gasteiger partial charge is 0.393 e. The van der Waals surface area contributed by atoms with Crippen molar-refractivity contribution in [3.63, 3.8) is 0 Å². The Morgan fingerprint density at radius 3 is 2.50 bits per heavy atom. The monoisotopic (exact) mass is 304 g/mol. The summed E-state index contributed by atoms with van der Waals surface area (Å²) in [6.45, 7) is 7.26. The molecule has 7 atom stereocenters. The fourth-order valence-electron chi connectivity index (χ4n) is 7.37. The summed E-state index contributed by atoms with van der Waals surface area (Å²) < 4.78 is 0. The molecule has 4 aliphatic rings. The van der Waals surface area contributed by atoms with E-state index < -0.39 is 0 Å². The van der Waals surface area contributed by atoms with Crippen LogP contribution in [0.2, 0.25) is 0 Å². The second-order valence-corrected chi connectivity index (χ2v) is 9.75. The Morgan fingerprint density at radius 2 is 1.73 bits per heavy atom. The van der Waals surface area contributed by atoms with Gasteiger partial charge in [0.15, 0.2) is 0 Å². The molecule has 22 heavy (non-hydrogen) atoms. The molecule has 0 radical (unpaired) electrons. The van der Waals surface area contributed by atoms with Crippen LogP contribution in [0, 0.1) is 34.0 Å². The number of hydrogen-bond acceptors (Lipinski definition) is 2. The highest BCUT2D eigenvalue weighted by molar-refractivity contribution is 5.80. The van der Waals surface area contributed by atoms with E-state index in [0.29, 0.717) is 11.2 Å². The number of carbonyl (C=O) groups is 1. The van der Waals surface area contributed by atoms with Gasteiger partial charge in [0, 0.05) is 12.8 Å². The predicted octanol–water partition coefficient (Wildman–Crippen LogP) is 4.35. The van der Waals surface area contributed by atoms with Crippen molar-refractivity contribution >= 4 is 5.78 Å². The van der Waals surface area contributed by atoms with Crippen LogP contribution in [0.5, 0.6) is 0 Å². The van der Waals surface area contributed by atoms with Crippen molar-refractivity contribution in [2.75, 3.05) is 0 Å². The fraction of sp³-hybridized carbons (Fsp3) is 0.950. The molecular formula is C20H32O2. The van der Waals surface area contributed by atoms with Gasteiger partial charge in [0.2, 0.25) is 0 Å². The highest BCUT2D eigenvalue weighted by Crippen LogP contribution is 2.69. The van der Waals surface area contributed by atoms with Gasteiger partial charge in [-0.25, -0.2) is 0 Å². The lowest BCUT2D eigenvalue weighted by molar-refractivity contribution is -0.165. The second kappa shape index (κ2) is 4.59.